The van der Waals surface area contributed by atoms with E-state index >= 15 is 0 Å². The predicted molar refractivity (Wildman–Crippen MR) is 77.6 cm³/mol. The highest BCUT2D eigenvalue weighted by molar-refractivity contribution is 5.34. The Morgan fingerprint density at radius 3 is 2.53 bits per heavy atom. The summed E-state index contributed by atoms with van der Waals surface area (Å²) in [7, 11) is 0. The van der Waals surface area contributed by atoms with Crippen LogP contribution in [0.1, 0.15) is 63.1 Å². The second-order valence-electron chi connectivity index (χ2n) is 5.41. The van der Waals surface area contributed by atoms with Crippen LogP contribution in [0.3, 0.4) is 0 Å². The fourth-order valence-corrected chi connectivity index (χ4v) is 2.64. The SMILES string of the molecule is CCCCc1c(C)cccc1CC(C)CCC. The normalized spacial score (nSPS) is 12.7. The van der Waals surface area contributed by atoms with E-state index < -0.39 is 0 Å². The first kappa shape index (κ1) is 14.3. The zero-order valence-corrected chi connectivity index (χ0v) is 12.1. The molecule has 0 heterocycles. The molecule has 0 fully saturated rings. The van der Waals surface area contributed by atoms with Gasteiger partial charge in [-0.1, -0.05) is 58.2 Å². The molecule has 0 radical (unpaired) electrons. The van der Waals surface area contributed by atoms with E-state index in [1.165, 1.54) is 44.1 Å². The Bertz CT molecular complexity index is 325. The molecule has 0 spiro atoms. The highest BCUT2D eigenvalue weighted by Gasteiger charge is 2.08. The molecule has 0 N–H and O–H groups in total. The summed E-state index contributed by atoms with van der Waals surface area (Å²) in [6.07, 6.45) is 7.78. The summed E-state index contributed by atoms with van der Waals surface area (Å²) in [6.45, 7) is 9.21. The molecule has 0 aliphatic carbocycles. The minimum atomic E-state index is 0.821. The van der Waals surface area contributed by atoms with Crippen LogP contribution in [0.5, 0.6) is 0 Å². The van der Waals surface area contributed by atoms with Crippen molar-refractivity contribution in [3.8, 4) is 0 Å². The topological polar surface area (TPSA) is 0 Å². The molecular weight excluding hydrogens is 204 g/mol. The van der Waals surface area contributed by atoms with Gasteiger partial charge in [-0.25, -0.2) is 0 Å². The smallest absolute Gasteiger partial charge is 0.0250 e. The number of rotatable bonds is 7. The van der Waals surface area contributed by atoms with Crippen molar-refractivity contribution in [3.63, 3.8) is 0 Å². The number of benzene rings is 1. The fourth-order valence-electron chi connectivity index (χ4n) is 2.64. The van der Waals surface area contributed by atoms with Crippen molar-refractivity contribution >= 4 is 0 Å². The first-order valence-electron chi connectivity index (χ1n) is 7.26. The van der Waals surface area contributed by atoms with E-state index in [4.69, 9.17) is 0 Å². The molecule has 1 aromatic carbocycles. The number of hydrogen-bond acceptors (Lipinski definition) is 0. The molecule has 0 nitrogen and oxygen atoms in total. The van der Waals surface area contributed by atoms with Gasteiger partial charge in [-0.3, -0.25) is 0 Å². The molecule has 1 aromatic rings. The third-order valence-electron chi connectivity index (χ3n) is 3.64. The van der Waals surface area contributed by atoms with E-state index in [9.17, 15) is 0 Å². The van der Waals surface area contributed by atoms with Crippen molar-refractivity contribution in [2.24, 2.45) is 5.92 Å². The lowest BCUT2D eigenvalue weighted by atomic mass is 9.90. The first-order valence-corrected chi connectivity index (χ1v) is 7.26. The van der Waals surface area contributed by atoms with Crippen molar-refractivity contribution < 1.29 is 0 Å². The monoisotopic (exact) mass is 232 g/mol. The van der Waals surface area contributed by atoms with Crippen molar-refractivity contribution in [2.75, 3.05) is 0 Å². The summed E-state index contributed by atoms with van der Waals surface area (Å²) in [5, 5.41) is 0. The van der Waals surface area contributed by atoms with Gasteiger partial charge in [0.1, 0.15) is 0 Å². The van der Waals surface area contributed by atoms with Crippen LogP contribution >= 0.6 is 0 Å². The van der Waals surface area contributed by atoms with Gasteiger partial charge in [-0.15, -0.1) is 0 Å². The minimum absolute atomic E-state index is 0.821. The lowest BCUT2D eigenvalue weighted by Gasteiger charge is -2.16. The van der Waals surface area contributed by atoms with Gasteiger partial charge in [0.15, 0.2) is 0 Å². The molecule has 96 valence electrons. The predicted octanol–water partition coefficient (Wildman–Crippen LogP) is 5.32. The number of unbranched alkanes of at least 4 members (excludes halogenated alkanes) is 1. The van der Waals surface area contributed by atoms with Crippen LogP contribution in [0.2, 0.25) is 0 Å². The standard InChI is InChI=1S/C17H28/c1-5-7-12-17-15(4)10-8-11-16(17)13-14(3)9-6-2/h8,10-11,14H,5-7,9,12-13H2,1-4H3. The van der Waals surface area contributed by atoms with Crippen molar-refractivity contribution in [1.82, 2.24) is 0 Å². The third-order valence-corrected chi connectivity index (χ3v) is 3.64. The Balaban J connectivity index is 2.78. The van der Waals surface area contributed by atoms with E-state index in [-0.39, 0.29) is 0 Å². The van der Waals surface area contributed by atoms with Crippen LogP contribution < -0.4 is 0 Å². The van der Waals surface area contributed by atoms with Crippen LogP contribution in [-0.2, 0) is 12.8 Å². The number of aryl methyl sites for hydroxylation is 1. The van der Waals surface area contributed by atoms with E-state index in [0.29, 0.717) is 0 Å². The van der Waals surface area contributed by atoms with Crippen LogP contribution in [-0.4, -0.2) is 0 Å². The van der Waals surface area contributed by atoms with E-state index in [1.807, 2.05) is 0 Å². The Kier molecular flexibility index (Phi) is 6.32. The van der Waals surface area contributed by atoms with Gasteiger partial charge in [0, 0.05) is 0 Å². The Labute approximate surface area is 107 Å². The zero-order valence-electron chi connectivity index (χ0n) is 12.1. The van der Waals surface area contributed by atoms with Crippen LogP contribution in [0.15, 0.2) is 18.2 Å². The molecule has 0 saturated carbocycles. The van der Waals surface area contributed by atoms with Gasteiger partial charge in [-0.2, -0.15) is 0 Å². The molecule has 0 saturated heterocycles. The van der Waals surface area contributed by atoms with Gasteiger partial charge < -0.3 is 0 Å². The molecule has 0 aliphatic rings. The second kappa shape index (κ2) is 7.53. The maximum absolute atomic E-state index is 2.38. The molecule has 1 rings (SSSR count). The Hall–Kier alpha value is -0.780. The molecule has 0 bridgehead atoms. The fraction of sp³-hybridized carbons (Fsp3) is 0.647. The van der Waals surface area contributed by atoms with E-state index in [1.54, 1.807) is 11.1 Å². The summed E-state index contributed by atoms with van der Waals surface area (Å²) in [5.74, 6) is 0.821. The number of hydrogen-bond donors (Lipinski definition) is 0. The first-order chi connectivity index (χ1) is 8.19. The van der Waals surface area contributed by atoms with E-state index in [0.717, 1.165) is 5.92 Å². The molecule has 0 aliphatic heterocycles. The maximum atomic E-state index is 2.38. The van der Waals surface area contributed by atoms with Crippen molar-refractivity contribution in [1.29, 1.82) is 0 Å². The van der Waals surface area contributed by atoms with Gasteiger partial charge in [0.2, 0.25) is 0 Å². The molecule has 0 aromatic heterocycles. The van der Waals surface area contributed by atoms with Crippen LogP contribution in [0.4, 0.5) is 0 Å². The quantitative estimate of drug-likeness (QED) is 0.597. The highest BCUT2D eigenvalue weighted by atomic mass is 14.1. The lowest BCUT2D eigenvalue weighted by Crippen LogP contribution is -2.04. The summed E-state index contributed by atoms with van der Waals surface area (Å²) >= 11 is 0. The van der Waals surface area contributed by atoms with Gasteiger partial charge in [0.25, 0.3) is 0 Å². The second-order valence-corrected chi connectivity index (χ2v) is 5.41. The lowest BCUT2D eigenvalue weighted by molar-refractivity contribution is 0.520. The Morgan fingerprint density at radius 2 is 1.88 bits per heavy atom. The minimum Gasteiger partial charge on any atom is -0.0654 e. The van der Waals surface area contributed by atoms with Crippen LogP contribution in [0, 0.1) is 12.8 Å². The zero-order chi connectivity index (χ0) is 12.7. The van der Waals surface area contributed by atoms with Crippen molar-refractivity contribution in [3.05, 3.63) is 34.9 Å². The van der Waals surface area contributed by atoms with Gasteiger partial charge in [-0.05, 0) is 48.8 Å². The summed E-state index contributed by atoms with van der Waals surface area (Å²) in [6, 6.07) is 6.82. The maximum Gasteiger partial charge on any atom is -0.0250 e. The summed E-state index contributed by atoms with van der Waals surface area (Å²) in [5.41, 5.74) is 4.70. The van der Waals surface area contributed by atoms with Crippen LogP contribution in [0.25, 0.3) is 0 Å². The molecule has 1 unspecified atom stereocenters. The average Bonchev–Trinajstić information content (AvgIpc) is 2.28. The van der Waals surface area contributed by atoms with Crippen molar-refractivity contribution in [2.45, 2.75) is 66.2 Å². The third kappa shape index (κ3) is 4.53. The molecule has 0 amide bonds. The molecular formula is C17H28. The largest absolute Gasteiger partial charge is 0.0654 e. The average molecular weight is 232 g/mol. The molecule has 0 heteroatoms. The summed E-state index contributed by atoms with van der Waals surface area (Å²) < 4.78 is 0. The van der Waals surface area contributed by atoms with Gasteiger partial charge >= 0.3 is 0 Å². The Morgan fingerprint density at radius 1 is 1.12 bits per heavy atom. The summed E-state index contributed by atoms with van der Waals surface area (Å²) in [4.78, 5) is 0. The van der Waals surface area contributed by atoms with Gasteiger partial charge in [0.05, 0.1) is 0 Å². The molecule has 17 heavy (non-hydrogen) atoms. The van der Waals surface area contributed by atoms with E-state index in [2.05, 4.69) is 45.9 Å². The molecule has 1 atom stereocenters. The highest BCUT2D eigenvalue weighted by Crippen LogP contribution is 2.21.